The van der Waals surface area contributed by atoms with E-state index in [2.05, 4.69) is 15.6 Å². The third-order valence-corrected chi connectivity index (χ3v) is 16.7. The van der Waals surface area contributed by atoms with Crippen LogP contribution in [0, 0.1) is 17.8 Å². The van der Waals surface area contributed by atoms with Crippen molar-refractivity contribution in [2.75, 3.05) is 118 Å². The first kappa shape index (κ1) is 70.1. The van der Waals surface area contributed by atoms with Gasteiger partial charge in [0.05, 0.1) is 50.5 Å². The maximum Gasteiger partial charge on any atom is 0.415 e. The van der Waals surface area contributed by atoms with E-state index in [4.69, 9.17) is 41.0 Å². The van der Waals surface area contributed by atoms with Crippen LogP contribution in [0.4, 0.5) is 20.1 Å². The number of ether oxygens (including phenoxy) is 5. The van der Waals surface area contributed by atoms with E-state index in [9.17, 15) is 48.3 Å². The van der Waals surface area contributed by atoms with Crippen LogP contribution in [0.3, 0.4) is 0 Å². The smallest absolute Gasteiger partial charge is 0.415 e. The molecule has 2 aliphatic heterocycles. The minimum absolute atomic E-state index is 0.0184. The molecule has 3 heterocycles. The molecular weight excluding hydrogens is 1190 g/mol. The lowest BCUT2D eigenvalue weighted by Gasteiger charge is -2.30. The topological polar surface area (TPSA) is 302 Å². The first-order valence-electron chi connectivity index (χ1n) is 30.9. The number of ketones is 2. The summed E-state index contributed by atoms with van der Waals surface area (Å²) in [7, 11) is 7.05. The molecule has 5 aromatic rings. The summed E-state index contributed by atoms with van der Waals surface area (Å²) in [4.78, 5) is 128. The summed E-state index contributed by atoms with van der Waals surface area (Å²) in [5, 5.41) is 16.9. The largest absolute Gasteiger partial charge is 0.492 e. The second-order valence-corrected chi connectivity index (χ2v) is 24.1. The molecule has 24 nitrogen and oxygen atoms in total. The van der Waals surface area contributed by atoms with Crippen molar-refractivity contribution in [2.24, 2.45) is 23.5 Å². The van der Waals surface area contributed by atoms with Crippen LogP contribution < -0.4 is 30.7 Å². The molecule has 25 heteroatoms. The van der Waals surface area contributed by atoms with E-state index in [0.717, 1.165) is 28.4 Å². The molecule has 0 aliphatic carbocycles. The summed E-state index contributed by atoms with van der Waals surface area (Å²) >= 11 is 6.57. The van der Waals surface area contributed by atoms with Crippen molar-refractivity contribution >= 4 is 92.4 Å². The number of piperidine rings is 1. The third-order valence-electron chi connectivity index (χ3n) is 16.3. The Morgan fingerprint density at radius 1 is 0.791 bits per heavy atom. The van der Waals surface area contributed by atoms with Gasteiger partial charge < -0.3 is 74.6 Å². The van der Waals surface area contributed by atoms with Gasteiger partial charge in [-0.1, -0.05) is 62.4 Å². The Bertz CT molecular complexity index is 3350. The number of nitrogens with zero attached hydrogens (tertiary/aromatic N) is 5. The molecule has 0 radical (unpaired) electrons. The van der Waals surface area contributed by atoms with Crippen LogP contribution in [0.2, 0.25) is 0 Å². The van der Waals surface area contributed by atoms with Crippen molar-refractivity contribution in [1.29, 1.82) is 0 Å². The normalized spacial score (nSPS) is 14.7. The fraction of sp³-hybridized carbons (Fsp3) is 0.500. The number of aromatic nitrogens is 1. The number of amides is 7. The van der Waals surface area contributed by atoms with E-state index in [1.807, 2.05) is 75.3 Å². The number of hydrogen-bond donors (Lipinski definition) is 5. The minimum Gasteiger partial charge on any atom is -0.492 e. The number of fused-ring (bicyclic) bond motifs is 4. The number of aromatic amines is 1. The summed E-state index contributed by atoms with van der Waals surface area (Å²) in [5.74, 6) is -2.70. The number of carboxylic acid groups (broad SMARTS) is 1. The molecule has 7 rings (SSSR count). The zero-order chi connectivity index (χ0) is 65.7. The number of likely N-dealkylation sites (N-methyl/N-ethyl adjacent to an activating group) is 3. The van der Waals surface area contributed by atoms with Crippen LogP contribution in [-0.2, 0) is 51.2 Å². The molecule has 1 fully saturated rings. The first-order chi connectivity index (χ1) is 43.6. The molecule has 4 aromatic carbocycles. The number of nitrogens with one attached hydrogen (secondary N) is 3. The van der Waals surface area contributed by atoms with Crippen LogP contribution in [0.15, 0.2) is 78.9 Å². The molecule has 7 amide bonds. The number of rotatable bonds is 34. The number of carbonyl (C=O) groups is 9. The lowest BCUT2D eigenvalue weighted by Crippen LogP contribution is -2.47. The van der Waals surface area contributed by atoms with Crippen molar-refractivity contribution in [1.82, 2.24) is 35.2 Å². The van der Waals surface area contributed by atoms with Crippen molar-refractivity contribution in [2.45, 2.75) is 83.8 Å². The number of halogens is 1. The van der Waals surface area contributed by atoms with Gasteiger partial charge >= 0.3 is 24.2 Å². The lowest BCUT2D eigenvalue weighted by molar-refractivity contribution is -0.146. The molecule has 0 bridgehead atoms. The molecule has 0 saturated carbocycles. The Labute approximate surface area is 535 Å². The van der Waals surface area contributed by atoms with Crippen LogP contribution in [-0.4, -0.2) is 202 Å². The van der Waals surface area contributed by atoms with Crippen molar-refractivity contribution in [3.05, 3.63) is 101 Å². The maximum absolute atomic E-state index is 14.4. The summed E-state index contributed by atoms with van der Waals surface area (Å²) in [6, 6.07) is 22.0. The highest BCUT2D eigenvalue weighted by molar-refractivity contribution is 6.19. The molecular formula is C66H86ClN9O15. The number of Topliss-reactive ketones (excluding diaryl/α,β-unsaturated/α-hetero) is 2. The van der Waals surface area contributed by atoms with Gasteiger partial charge in [-0.2, -0.15) is 0 Å². The second kappa shape index (κ2) is 34.2. The fourth-order valence-electron chi connectivity index (χ4n) is 11.0. The number of urea groups is 1. The third kappa shape index (κ3) is 20.3. The predicted molar refractivity (Wildman–Crippen MR) is 343 cm³/mol. The van der Waals surface area contributed by atoms with E-state index in [1.54, 1.807) is 60.3 Å². The first-order valence-corrected chi connectivity index (χ1v) is 31.4. The molecule has 6 N–H and O–H groups in total. The summed E-state index contributed by atoms with van der Waals surface area (Å²) in [5.41, 5.74) is 9.16. The average molecular weight is 1280 g/mol. The number of nitrogens with two attached hydrogens (primary N) is 1. The number of primary amides is 1. The molecule has 0 unspecified atom stereocenters. The number of aliphatic carboxylic acids is 1. The van der Waals surface area contributed by atoms with Gasteiger partial charge in [0.15, 0.2) is 5.78 Å². The number of anilines is 1. The second-order valence-electron chi connectivity index (χ2n) is 23.8. The van der Waals surface area contributed by atoms with Gasteiger partial charge in [0.1, 0.15) is 36.2 Å². The van der Waals surface area contributed by atoms with E-state index in [0.29, 0.717) is 79.1 Å². The van der Waals surface area contributed by atoms with Gasteiger partial charge in [-0.25, -0.2) is 14.4 Å². The number of hydrogen-bond acceptors (Lipinski definition) is 15. The molecule has 0 spiro atoms. The Kier molecular flexibility index (Phi) is 26.4. The van der Waals surface area contributed by atoms with E-state index in [1.165, 1.54) is 9.80 Å². The Balaban J connectivity index is 0.850. The van der Waals surface area contributed by atoms with Gasteiger partial charge in [-0.15, -0.1) is 11.6 Å². The summed E-state index contributed by atoms with van der Waals surface area (Å²) in [6.07, 6.45) is 0.148. The van der Waals surface area contributed by atoms with Crippen LogP contribution in [0.1, 0.15) is 91.9 Å². The number of carboxylic acids is 1. The van der Waals surface area contributed by atoms with E-state index < -0.39 is 48.0 Å². The molecule has 492 valence electrons. The molecule has 1 aromatic heterocycles. The number of carbonyl (C=O) groups excluding carboxylic acids is 8. The van der Waals surface area contributed by atoms with Crippen molar-refractivity contribution in [3.8, 4) is 11.5 Å². The van der Waals surface area contributed by atoms with E-state index >= 15 is 0 Å². The van der Waals surface area contributed by atoms with Gasteiger partial charge in [-0.3, -0.25) is 28.8 Å². The highest BCUT2D eigenvalue weighted by Gasteiger charge is 2.37. The van der Waals surface area contributed by atoms with E-state index in [-0.39, 0.29) is 132 Å². The maximum atomic E-state index is 14.4. The lowest BCUT2D eigenvalue weighted by atomic mass is 9.91. The molecule has 3 atom stereocenters. The molecule has 91 heavy (non-hydrogen) atoms. The van der Waals surface area contributed by atoms with Crippen LogP contribution in [0.5, 0.6) is 11.5 Å². The zero-order valence-corrected chi connectivity index (χ0v) is 53.6. The van der Waals surface area contributed by atoms with Crippen molar-refractivity contribution < 1.29 is 71.9 Å². The Morgan fingerprint density at radius 2 is 1.46 bits per heavy atom. The monoisotopic (exact) mass is 1280 g/mol. The molecule has 1 saturated heterocycles. The van der Waals surface area contributed by atoms with Gasteiger partial charge in [0.2, 0.25) is 11.8 Å². The number of alkyl halides is 1. The van der Waals surface area contributed by atoms with Crippen molar-refractivity contribution in [3.63, 3.8) is 0 Å². The predicted octanol–water partition coefficient (Wildman–Crippen LogP) is 7.36. The quantitative estimate of drug-likeness (QED) is 0.0198. The van der Waals surface area contributed by atoms with Gasteiger partial charge in [0, 0.05) is 119 Å². The fourth-order valence-corrected chi connectivity index (χ4v) is 11.2. The van der Waals surface area contributed by atoms with Crippen LogP contribution in [0.25, 0.3) is 21.7 Å². The van der Waals surface area contributed by atoms with Gasteiger partial charge in [-0.05, 0) is 92.0 Å². The Morgan fingerprint density at radius 3 is 2.12 bits per heavy atom. The number of likely N-dealkylation sites (tertiary alicyclic amines) is 1. The molecule has 2 aliphatic rings. The SMILES string of the molecule is CC(C)[C@H](NC(=O)[C@H](CCCNC(N)=O)CC(=O)CCOCCOCCC(=O)N1CCC(C(=O)O)CC1)C(=O)Cc1ccc(COC(=O)N(C)CCN(C)C(=O)Oc2cc3c(c4ccccc24)[C@H](CCl)CN3C(=O)c2cc3cc(OCCN(C)C)ccc3[nH]2)cc1. The highest BCUT2D eigenvalue weighted by atomic mass is 35.5. The van der Waals surface area contributed by atoms with Crippen LogP contribution >= 0.6 is 11.6 Å². The summed E-state index contributed by atoms with van der Waals surface area (Å²) in [6.45, 7) is 6.92. The zero-order valence-electron chi connectivity index (χ0n) is 52.8. The summed E-state index contributed by atoms with van der Waals surface area (Å²) < 4.78 is 28.7. The standard InChI is InChI=1S/C66H86ClN9O15/c1-42(2)60(71-61(80)46(10-9-23-69-64(68)84)35-49(77)21-29-87-32-33-88-30-22-58(79)75-24-19-45(20-25-75)63(82)83)56(78)34-43-13-15-44(16-14-43)41-90-65(85)73(5)26-27-74(6)66(86)91-57-38-55-59(52-12-8-7-11-51(52)57)48(39-67)40-76(55)62(81)54-37-47-36-50(17-18-53(47)70-54)89-31-28-72(3)4/h7-8,11-18,36-38,42,45-46,48,60,70H,9-10,19-35,39-41H2,1-6H3,(H,71,80)(H,82,83)(H3,68,69,84)/t46-,48-,60+/m1/s1. The van der Waals surface area contributed by atoms with Gasteiger partial charge in [0.25, 0.3) is 5.91 Å². The average Bonchev–Trinajstić information content (AvgIpc) is 1.63. The number of H-pyrrole nitrogens is 1. The Hall–Kier alpha value is -8.32. The highest BCUT2D eigenvalue weighted by Crippen LogP contribution is 2.46. The minimum atomic E-state index is -0.883. The number of benzene rings is 4.